The molecule has 3 fully saturated rings. The molecule has 1 aromatic rings. The Balaban J connectivity index is 1.53. The lowest BCUT2D eigenvalue weighted by Crippen LogP contribution is -2.24. The molecule has 6 atom stereocenters. The highest BCUT2D eigenvalue weighted by molar-refractivity contribution is 5.90. The van der Waals surface area contributed by atoms with Crippen molar-refractivity contribution in [3.8, 4) is 0 Å². The largest absolute Gasteiger partial charge is 0.465 e. The van der Waals surface area contributed by atoms with Gasteiger partial charge in [0.05, 0.1) is 7.11 Å². The maximum absolute atomic E-state index is 12.5. The highest BCUT2D eigenvalue weighted by Crippen LogP contribution is 2.58. The van der Waals surface area contributed by atoms with Crippen LogP contribution in [0.1, 0.15) is 61.1 Å². The molecule has 0 unspecified atom stereocenters. The van der Waals surface area contributed by atoms with Gasteiger partial charge in [0.15, 0.2) is 5.60 Å². The van der Waals surface area contributed by atoms with Gasteiger partial charge in [0.2, 0.25) is 0 Å². The van der Waals surface area contributed by atoms with E-state index in [1.807, 2.05) is 13.8 Å². The first-order valence-corrected chi connectivity index (χ1v) is 9.70. The summed E-state index contributed by atoms with van der Waals surface area (Å²) in [6, 6.07) is 1.72. The molecule has 4 aliphatic rings. The number of rotatable bonds is 2. The average molecular weight is 388 g/mol. The Morgan fingerprint density at radius 2 is 2.14 bits per heavy atom. The van der Waals surface area contributed by atoms with Crippen molar-refractivity contribution in [3.05, 3.63) is 35.3 Å². The maximum Gasteiger partial charge on any atom is 0.341 e. The number of carbonyl (C=O) groups excluding carboxylic acids is 2. The van der Waals surface area contributed by atoms with E-state index in [1.165, 1.54) is 7.11 Å². The molecule has 28 heavy (non-hydrogen) atoms. The summed E-state index contributed by atoms with van der Waals surface area (Å²) in [6.45, 7) is 8.01. The second-order valence-electron chi connectivity index (χ2n) is 8.65. The first-order valence-electron chi connectivity index (χ1n) is 9.70. The van der Waals surface area contributed by atoms with Crippen LogP contribution in [0.25, 0.3) is 0 Å². The lowest BCUT2D eigenvalue weighted by atomic mass is 9.85. The molecule has 150 valence electrons. The number of furan rings is 1. The van der Waals surface area contributed by atoms with E-state index in [9.17, 15) is 9.59 Å². The topological polar surface area (TPSA) is 90.8 Å². The zero-order chi connectivity index (χ0) is 19.8. The molecule has 0 N–H and O–H groups in total. The summed E-state index contributed by atoms with van der Waals surface area (Å²) in [5.41, 5.74) is 0.0451. The van der Waals surface area contributed by atoms with E-state index in [0.29, 0.717) is 42.8 Å². The summed E-state index contributed by atoms with van der Waals surface area (Å²) in [4.78, 5) is 24.8. The predicted octanol–water partition coefficient (Wildman–Crippen LogP) is 2.88. The van der Waals surface area contributed by atoms with Gasteiger partial charge in [-0.15, -0.1) is 0 Å². The Hall–Kier alpha value is -2.12. The molecule has 5 rings (SSSR count). The summed E-state index contributed by atoms with van der Waals surface area (Å²) in [5.74, 6) is 0.521. The third-order valence-corrected chi connectivity index (χ3v) is 6.66. The Morgan fingerprint density at radius 3 is 2.82 bits per heavy atom. The Bertz CT molecular complexity index is 885. The van der Waals surface area contributed by atoms with Crippen LogP contribution < -0.4 is 0 Å². The van der Waals surface area contributed by atoms with Gasteiger partial charge in [0.1, 0.15) is 41.0 Å². The summed E-state index contributed by atoms with van der Waals surface area (Å²) >= 11 is 0. The van der Waals surface area contributed by atoms with Gasteiger partial charge < -0.3 is 23.4 Å². The highest BCUT2D eigenvalue weighted by atomic mass is 16.7. The monoisotopic (exact) mass is 388 g/mol. The summed E-state index contributed by atoms with van der Waals surface area (Å²) in [6.07, 6.45) is 1.48. The number of hydrogen-bond donors (Lipinski definition) is 0. The minimum absolute atomic E-state index is 0.0424. The zero-order valence-electron chi connectivity index (χ0n) is 16.3. The van der Waals surface area contributed by atoms with Crippen LogP contribution in [-0.4, -0.2) is 42.5 Å². The van der Waals surface area contributed by atoms with E-state index in [4.69, 9.17) is 23.4 Å². The van der Waals surface area contributed by atoms with E-state index in [-0.39, 0.29) is 30.2 Å². The standard InChI is InChI=1S/C21H24O7/c1-10(2)11-5-6-21-17(28-21)15(26-19(21)23)9-20(3)16(27-20)14-8-12(18(22)24-4)13(7-11)25-14/h8,11,15-17H,1,5-7,9H2,2-4H3/t11-,15-,16-,17+,20-,21+/m0/s1. The minimum Gasteiger partial charge on any atom is -0.465 e. The van der Waals surface area contributed by atoms with Gasteiger partial charge in [-0.25, -0.2) is 9.59 Å². The summed E-state index contributed by atoms with van der Waals surface area (Å²) in [7, 11) is 1.36. The molecule has 4 aliphatic heterocycles. The van der Waals surface area contributed by atoms with Crippen molar-refractivity contribution in [2.75, 3.05) is 7.11 Å². The third kappa shape index (κ3) is 2.49. The van der Waals surface area contributed by atoms with E-state index < -0.39 is 17.2 Å². The lowest BCUT2D eigenvalue weighted by molar-refractivity contribution is -0.154. The van der Waals surface area contributed by atoms with Crippen LogP contribution in [0.2, 0.25) is 0 Å². The number of fused-ring (bicyclic) bond motifs is 4. The molecule has 1 aromatic heterocycles. The fourth-order valence-electron chi connectivity index (χ4n) is 4.78. The number of hydrogen-bond acceptors (Lipinski definition) is 7. The van der Waals surface area contributed by atoms with Crippen molar-refractivity contribution in [1.29, 1.82) is 0 Å². The van der Waals surface area contributed by atoms with E-state index in [0.717, 1.165) is 5.57 Å². The number of methoxy groups -OCH3 is 1. The molecule has 0 spiro atoms. The Morgan fingerprint density at radius 1 is 1.36 bits per heavy atom. The van der Waals surface area contributed by atoms with Crippen molar-refractivity contribution >= 4 is 11.9 Å². The molecule has 4 bridgehead atoms. The van der Waals surface area contributed by atoms with Gasteiger partial charge in [0.25, 0.3) is 0 Å². The molecule has 0 saturated carbocycles. The van der Waals surface area contributed by atoms with Crippen LogP contribution in [0.15, 0.2) is 22.6 Å². The number of carbonyl (C=O) groups is 2. The predicted molar refractivity (Wildman–Crippen MR) is 95.6 cm³/mol. The Labute approximate surface area is 162 Å². The van der Waals surface area contributed by atoms with Crippen molar-refractivity contribution in [3.63, 3.8) is 0 Å². The first kappa shape index (κ1) is 17.9. The van der Waals surface area contributed by atoms with Crippen molar-refractivity contribution in [1.82, 2.24) is 0 Å². The van der Waals surface area contributed by atoms with Crippen LogP contribution >= 0.6 is 0 Å². The van der Waals surface area contributed by atoms with Crippen molar-refractivity contribution < 1.29 is 33.0 Å². The van der Waals surface area contributed by atoms with Crippen LogP contribution in [-0.2, 0) is 30.2 Å². The zero-order valence-corrected chi connectivity index (χ0v) is 16.3. The normalized spacial score (nSPS) is 40.8. The second kappa shape index (κ2) is 5.70. The average Bonchev–Trinajstić information content (AvgIpc) is 3.46. The van der Waals surface area contributed by atoms with Gasteiger partial charge in [-0.05, 0) is 38.7 Å². The number of ether oxygens (including phenoxy) is 4. The highest BCUT2D eigenvalue weighted by Gasteiger charge is 2.74. The number of esters is 2. The van der Waals surface area contributed by atoms with Crippen LogP contribution in [0.4, 0.5) is 0 Å². The van der Waals surface area contributed by atoms with Gasteiger partial charge in [-0.1, -0.05) is 12.2 Å². The fourth-order valence-corrected chi connectivity index (χ4v) is 4.78. The quantitative estimate of drug-likeness (QED) is 0.437. The molecule has 0 aromatic carbocycles. The molecule has 0 radical (unpaired) electrons. The molecule has 5 heterocycles. The molecule has 0 amide bonds. The van der Waals surface area contributed by atoms with E-state index in [1.54, 1.807) is 6.07 Å². The SMILES string of the molecule is C=C(C)[C@H]1CC[C@@]23O[C@@H]2[C@H](C[C@]2(C)O[C@H]2c2cc(C(=O)OC)c(o2)C1)OC3=O. The van der Waals surface area contributed by atoms with Gasteiger partial charge in [0, 0.05) is 12.8 Å². The van der Waals surface area contributed by atoms with Crippen molar-refractivity contribution in [2.24, 2.45) is 5.92 Å². The molecule has 7 heteroatoms. The summed E-state index contributed by atoms with van der Waals surface area (Å²) < 4.78 is 28.4. The number of epoxide rings is 2. The second-order valence-corrected chi connectivity index (χ2v) is 8.65. The lowest BCUT2D eigenvalue weighted by Gasteiger charge is -2.18. The smallest absolute Gasteiger partial charge is 0.341 e. The maximum atomic E-state index is 12.5. The van der Waals surface area contributed by atoms with Gasteiger partial charge in [-0.3, -0.25) is 0 Å². The van der Waals surface area contributed by atoms with Crippen LogP contribution in [0.3, 0.4) is 0 Å². The van der Waals surface area contributed by atoms with E-state index >= 15 is 0 Å². The fraction of sp³-hybridized carbons (Fsp3) is 0.619. The molecule has 3 saturated heterocycles. The molecule has 7 nitrogen and oxygen atoms in total. The van der Waals surface area contributed by atoms with Gasteiger partial charge >= 0.3 is 11.9 Å². The van der Waals surface area contributed by atoms with Crippen LogP contribution in [0, 0.1) is 5.92 Å². The first-order chi connectivity index (χ1) is 13.3. The van der Waals surface area contributed by atoms with Gasteiger partial charge in [-0.2, -0.15) is 0 Å². The molecular weight excluding hydrogens is 364 g/mol. The van der Waals surface area contributed by atoms with Crippen molar-refractivity contribution in [2.45, 2.75) is 69.0 Å². The summed E-state index contributed by atoms with van der Waals surface area (Å²) in [5, 5.41) is 0. The van der Waals surface area contributed by atoms with E-state index in [2.05, 4.69) is 6.58 Å². The minimum atomic E-state index is -0.828. The number of allylic oxidation sites excluding steroid dienone is 1. The molecular formula is C21H24O7. The molecule has 0 aliphatic carbocycles. The Kier molecular flexibility index (Phi) is 3.65. The third-order valence-electron chi connectivity index (χ3n) is 6.66. The van der Waals surface area contributed by atoms with Crippen LogP contribution in [0.5, 0.6) is 0 Å².